The minimum absolute atomic E-state index is 0.0138. The first-order valence-electron chi connectivity index (χ1n) is 6.49. The molecule has 0 aromatic carbocycles. The SMILES string of the molecule is CCN1CCN(S(=O)(=O)N(C)CCCO)CC1C. The lowest BCUT2D eigenvalue weighted by Gasteiger charge is -2.39. The Morgan fingerprint density at radius 1 is 1.39 bits per heavy atom. The highest BCUT2D eigenvalue weighted by Crippen LogP contribution is 2.15. The minimum Gasteiger partial charge on any atom is -0.396 e. The van der Waals surface area contributed by atoms with E-state index in [1.165, 1.54) is 4.31 Å². The zero-order valence-electron chi connectivity index (χ0n) is 11.5. The second-order valence-corrected chi connectivity index (χ2v) is 6.78. The Bertz CT molecular complexity index is 347. The standard InChI is InChI=1S/C11H25N3O3S/c1-4-13-7-8-14(10-11(13)2)18(16,17)12(3)6-5-9-15/h11,15H,4-10H2,1-3H3. The highest BCUT2D eigenvalue weighted by Gasteiger charge is 2.32. The van der Waals surface area contributed by atoms with E-state index in [1.54, 1.807) is 11.4 Å². The first kappa shape index (κ1) is 15.8. The van der Waals surface area contributed by atoms with E-state index >= 15 is 0 Å². The van der Waals surface area contributed by atoms with Crippen LogP contribution in [0.15, 0.2) is 0 Å². The number of likely N-dealkylation sites (N-methyl/N-ethyl adjacent to an activating group) is 1. The van der Waals surface area contributed by atoms with Gasteiger partial charge < -0.3 is 5.11 Å². The monoisotopic (exact) mass is 279 g/mol. The van der Waals surface area contributed by atoms with Gasteiger partial charge in [-0.2, -0.15) is 17.0 Å². The van der Waals surface area contributed by atoms with Crippen LogP contribution in [-0.4, -0.2) is 79.5 Å². The van der Waals surface area contributed by atoms with Crippen molar-refractivity contribution in [2.45, 2.75) is 26.3 Å². The van der Waals surface area contributed by atoms with Gasteiger partial charge in [0.1, 0.15) is 0 Å². The second kappa shape index (κ2) is 6.81. The molecule has 1 atom stereocenters. The highest BCUT2D eigenvalue weighted by molar-refractivity contribution is 7.86. The van der Waals surface area contributed by atoms with Crippen molar-refractivity contribution >= 4 is 10.2 Å². The van der Waals surface area contributed by atoms with E-state index in [2.05, 4.69) is 18.7 Å². The molecule has 7 heteroatoms. The third-order valence-corrected chi connectivity index (χ3v) is 5.44. The van der Waals surface area contributed by atoms with Crippen molar-refractivity contribution in [3.8, 4) is 0 Å². The lowest BCUT2D eigenvalue weighted by Crippen LogP contribution is -2.56. The average molecular weight is 279 g/mol. The molecule has 1 unspecified atom stereocenters. The van der Waals surface area contributed by atoms with E-state index in [-0.39, 0.29) is 12.6 Å². The van der Waals surface area contributed by atoms with Crippen molar-refractivity contribution in [3.05, 3.63) is 0 Å². The van der Waals surface area contributed by atoms with Gasteiger partial charge in [0.15, 0.2) is 0 Å². The van der Waals surface area contributed by atoms with E-state index in [0.29, 0.717) is 26.1 Å². The first-order valence-corrected chi connectivity index (χ1v) is 7.89. The molecule has 18 heavy (non-hydrogen) atoms. The molecular weight excluding hydrogens is 254 g/mol. The van der Waals surface area contributed by atoms with Gasteiger partial charge in [0.25, 0.3) is 10.2 Å². The molecule has 0 radical (unpaired) electrons. The van der Waals surface area contributed by atoms with Gasteiger partial charge in [0.05, 0.1) is 0 Å². The molecule has 0 aromatic rings. The molecule has 108 valence electrons. The second-order valence-electron chi connectivity index (χ2n) is 4.74. The topological polar surface area (TPSA) is 64.1 Å². The van der Waals surface area contributed by atoms with Crippen LogP contribution >= 0.6 is 0 Å². The van der Waals surface area contributed by atoms with E-state index in [9.17, 15) is 8.42 Å². The van der Waals surface area contributed by atoms with Gasteiger partial charge >= 0.3 is 0 Å². The van der Waals surface area contributed by atoms with Crippen LogP contribution in [0.2, 0.25) is 0 Å². The van der Waals surface area contributed by atoms with Gasteiger partial charge in [-0.05, 0) is 19.9 Å². The summed E-state index contributed by atoms with van der Waals surface area (Å²) in [5.74, 6) is 0. The van der Waals surface area contributed by atoms with Crippen LogP contribution in [0.1, 0.15) is 20.3 Å². The normalized spacial score (nSPS) is 23.7. The van der Waals surface area contributed by atoms with Crippen molar-refractivity contribution in [2.75, 3.05) is 46.4 Å². The molecule has 0 bridgehead atoms. The Hall–Kier alpha value is -0.210. The number of aliphatic hydroxyl groups is 1. The quantitative estimate of drug-likeness (QED) is 0.717. The van der Waals surface area contributed by atoms with E-state index in [4.69, 9.17) is 5.11 Å². The summed E-state index contributed by atoms with van der Waals surface area (Å²) in [6.45, 7) is 7.35. The molecule has 1 saturated heterocycles. The number of nitrogens with zero attached hydrogens (tertiary/aromatic N) is 3. The zero-order valence-corrected chi connectivity index (χ0v) is 12.4. The zero-order chi connectivity index (χ0) is 13.8. The highest BCUT2D eigenvalue weighted by atomic mass is 32.2. The summed E-state index contributed by atoms with van der Waals surface area (Å²) in [7, 11) is -1.80. The first-order chi connectivity index (χ1) is 8.43. The maximum absolute atomic E-state index is 12.3. The third kappa shape index (κ3) is 3.64. The molecule has 1 N–H and O–H groups in total. The van der Waals surface area contributed by atoms with E-state index in [0.717, 1.165) is 13.1 Å². The van der Waals surface area contributed by atoms with Gasteiger partial charge in [0.2, 0.25) is 0 Å². The fourth-order valence-electron chi connectivity index (χ4n) is 2.25. The summed E-state index contributed by atoms with van der Waals surface area (Å²) in [5, 5.41) is 8.76. The summed E-state index contributed by atoms with van der Waals surface area (Å²) < 4.78 is 27.4. The Labute approximate surface area is 110 Å². The molecular formula is C11H25N3O3S. The molecule has 1 heterocycles. The average Bonchev–Trinajstić information content (AvgIpc) is 2.35. The van der Waals surface area contributed by atoms with Crippen molar-refractivity contribution in [1.29, 1.82) is 0 Å². The van der Waals surface area contributed by atoms with Gasteiger partial charge in [-0.1, -0.05) is 6.92 Å². The van der Waals surface area contributed by atoms with Crippen molar-refractivity contribution in [3.63, 3.8) is 0 Å². The minimum atomic E-state index is -3.37. The van der Waals surface area contributed by atoms with E-state index < -0.39 is 10.2 Å². The van der Waals surface area contributed by atoms with Crippen molar-refractivity contribution in [2.24, 2.45) is 0 Å². The Morgan fingerprint density at radius 3 is 2.56 bits per heavy atom. The van der Waals surface area contributed by atoms with Crippen LogP contribution in [0.4, 0.5) is 0 Å². The maximum atomic E-state index is 12.3. The van der Waals surface area contributed by atoms with Crippen molar-refractivity contribution in [1.82, 2.24) is 13.5 Å². The lowest BCUT2D eigenvalue weighted by atomic mass is 10.2. The van der Waals surface area contributed by atoms with Crippen LogP contribution in [-0.2, 0) is 10.2 Å². The third-order valence-electron chi connectivity index (χ3n) is 3.49. The summed E-state index contributed by atoms with van der Waals surface area (Å²) in [6, 6.07) is 0.254. The fourth-order valence-corrected chi connectivity index (χ4v) is 3.72. The largest absolute Gasteiger partial charge is 0.396 e. The van der Waals surface area contributed by atoms with E-state index in [1.807, 2.05) is 0 Å². The van der Waals surface area contributed by atoms with Crippen LogP contribution in [0.5, 0.6) is 0 Å². The number of hydrogen-bond acceptors (Lipinski definition) is 4. The molecule has 0 aliphatic carbocycles. The van der Waals surface area contributed by atoms with Gasteiger partial charge in [0, 0.05) is 45.9 Å². The molecule has 1 aliphatic rings. The van der Waals surface area contributed by atoms with Crippen LogP contribution in [0.25, 0.3) is 0 Å². The molecule has 1 aliphatic heterocycles. The molecule has 1 rings (SSSR count). The Morgan fingerprint density at radius 2 is 2.06 bits per heavy atom. The van der Waals surface area contributed by atoms with Gasteiger partial charge in [-0.25, -0.2) is 0 Å². The summed E-state index contributed by atoms with van der Waals surface area (Å²) in [4.78, 5) is 2.28. The summed E-state index contributed by atoms with van der Waals surface area (Å²) >= 11 is 0. The fraction of sp³-hybridized carbons (Fsp3) is 1.00. The summed E-state index contributed by atoms with van der Waals surface area (Å²) in [5.41, 5.74) is 0. The number of rotatable bonds is 6. The molecule has 0 saturated carbocycles. The molecule has 1 fully saturated rings. The van der Waals surface area contributed by atoms with Crippen LogP contribution < -0.4 is 0 Å². The Balaban J connectivity index is 2.64. The van der Waals surface area contributed by atoms with Crippen LogP contribution in [0.3, 0.4) is 0 Å². The van der Waals surface area contributed by atoms with Crippen LogP contribution in [0, 0.1) is 0 Å². The number of hydrogen-bond donors (Lipinski definition) is 1. The number of aliphatic hydroxyl groups excluding tert-OH is 1. The predicted molar refractivity (Wildman–Crippen MR) is 71.5 cm³/mol. The molecule has 0 spiro atoms. The molecule has 0 aromatic heterocycles. The molecule has 6 nitrogen and oxygen atoms in total. The smallest absolute Gasteiger partial charge is 0.281 e. The lowest BCUT2D eigenvalue weighted by molar-refractivity contribution is 0.131. The van der Waals surface area contributed by atoms with Gasteiger partial charge in [-0.15, -0.1) is 0 Å². The summed E-state index contributed by atoms with van der Waals surface area (Å²) in [6.07, 6.45) is 0.472. The maximum Gasteiger partial charge on any atom is 0.281 e. The number of piperazine rings is 1. The van der Waals surface area contributed by atoms with Gasteiger partial charge in [-0.3, -0.25) is 4.90 Å². The predicted octanol–water partition coefficient (Wildman–Crippen LogP) is -0.429. The molecule has 0 amide bonds. The Kier molecular flexibility index (Phi) is 6.00. The van der Waals surface area contributed by atoms with Crippen molar-refractivity contribution < 1.29 is 13.5 Å².